The molecule has 0 fully saturated rings. The maximum absolute atomic E-state index is 3.59. The number of hydrogen-bond donors (Lipinski definition) is 1. The summed E-state index contributed by atoms with van der Waals surface area (Å²) < 4.78 is 0. The van der Waals surface area contributed by atoms with Crippen LogP contribution in [0.5, 0.6) is 0 Å². The van der Waals surface area contributed by atoms with Crippen LogP contribution in [0.3, 0.4) is 0 Å². The molecule has 0 saturated carbocycles. The average molecular weight is 221 g/mol. The van der Waals surface area contributed by atoms with E-state index < -0.39 is 0 Å². The van der Waals surface area contributed by atoms with E-state index in [1.165, 1.54) is 12.0 Å². The molecule has 1 heteroatoms. The van der Waals surface area contributed by atoms with Gasteiger partial charge in [-0.05, 0) is 42.0 Å². The lowest BCUT2D eigenvalue weighted by molar-refractivity contribution is 0.272. The van der Waals surface area contributed by atoms with Gasteiger partial charge in [0, 0.05) is 0 Å². The zero-order chi connectivity index (χ0) is 12.3. The lowest BCUT2D eigenvalue weighted by Crippen LogP contribution is -2.48. The molecule has 1 heterocycles. The van der Waals surface area contributed by atoms with Crippen LogP contribution in [-0.2, 0) is 0 Å². The molecule has 16 heavy (non-hydrogen) atoms. The van der Waals surface area contributed by atoms with Gasteiger partial charge in [-0.25, -0.2) is 0 Å². The standard InChI is InChI=1S/C15H27N/c1-11(2)9-15(13(5)6)10-14(12(3)4)7-8-16-15/h7-8,10-13,16H,9H2,1-6H3. The normalized spacial score (nSPS) is 25.2. The third-order valence-electron chi connectivity index (χ3n) is 3.50. The number of rotatable bonds is 4. The molecule has 0 spiro atoms. The molecule has 1 aliphatic rings. The predicted octanol–water partition coefficient (Wildman–Crippen LogP) is 4.13. The largest absolute Gasteiger partial charge is 0.382 e. The summed E-state index contributed by atoms with van der Waals surface area (Å²) in [4.78, 5) is 0. The van der Waals surface area contributed by atoms with Gasteiger partial charge in [-0.15, -0.1) is 0 Å². The highest BCUT2D eigenvalue weighted by Crippen LogP contribution is 2.32. The van der Waals surface area contributed by atoms with E-state index in [0.717, 1.165) is 0 Å². The Morgan fingerprint density at radius 1 is 1.12 bits per heavy atom. The van der Waals surface area contributed by atoms with Crippen molar-refractivity contribution in [3.8, 4) is 0 Å². The van der Waals surface area contributed by atoms with Crippen molar-refractivity contribution in [3.63, 3.8) is 0 Å². The number of dihydropyridines is 1. The fourth-order valence-corrected chi connectivity index (χ4v) is 2.40. The highest BCUT2D eigenvalue weighted by Gasteiger charge is 2.33. The lowest BCUT2D eigenvalue weighted by Gasteiger charge is -2.40. The van der Waals surface area contributed by atoms with E-state index in [4.69, 9.17) is 0 Å². The second kappa shape index (κ2) is 5.07. The van der Waals surface area contributed by atoms with Crippen LogP contribution in [0.15, 0.2) is 23.9 Å². The Hall–Kier alpha value is -0.720. The van der Waals surface area contributed by atoms with E-state index in [9.17, 15) is 0 Å². The van der Waals surface area contributed by atoms with Crippen molar-refractivity contribution in [2.75, 3.05) is 0 Å². The third-order valence-corrected chi connectivity index (χ3v) is 3.50. The summed E-state index contributed by atoms with van der Waals surface area (Å²) in [6, 6.07) is 0. The Kier molecular flexibility index (Phi) is 4.23. The smallest absolute Gasteiger partial charge is 0.0581 e. The number of nitrogens with one attached hydrogen (secondary N) is 1. The molecule has 0 bridgehead atoms. The summed E-state index contributed by atoms with van der Waals surface area (Å²) in [6.45, 7) is 13.7. The summed E-state index contributed by atoms with van der Waals surface area (Å²) in [5, 5.41) is 3.59. The van der Waals surface area contributed by atoms with Gasteiger partial charge in [0.1, 0.15) is 0 Å². The van der Waals surface area contributed by atoms with Gasteiger partial charge in [-0.1, -0.05) is 47.6 Å². The minimum atomic E-state index is 0.155. The SMILES string of the molecule is CC(C)CC1(C(C)C)C=C(C(C)C)C=CN1. The van der Waals surface area contributed by atoms with Crippen molar-refractivity contribution in [3.05, 3.63) is 23.9 Å². The zero-order valence-electron chi connectivity index (χ0n) is 11.7. The van der Waals surface area contributed by atoms with E-state index in [1.807, 2.05) is 0 Å². The molecule has 1 N–H and O–H groups in total. The van der Waals surface area contributed by atoms with Gasteiger partial charge in [0.05, 0.1) is 5.54 Å². The Labute approximate surface area is 101 Å². The van der Waals surface area contributed by atoms with Gasteiger partial charge in [-0.3, -0.25) is 0 Å². The van der Waals surface area contributed by atoms with Gasteiger partial charge in [0.2, 0.25) is 0 Å². The third kappa shape index (κ3) is 2.90. The van der Waals surface area contributed by atoms with Gasteiger partial charge in [0.15, 0.2) is 0 Å². The minimum absolute atomic E-state index is 0.155. The first-order valence-electron chi connectivity index (χ1n) is 6.54. The summed E-state index contributed by atoms with van der Waals surface area (Å²) in [5.41, 5.74) is 1.62. The van der Waals surface area contributed by atoms with E-state index in [1.54, 1.807) is 0 Å². The van der Waals surface area contributed by atoms with E-state index in [0.29, 0.717) is 17.8 Å². The second-order valence-corrected chi connectivity index (χ2v) is 6.07. The first-order chi connectivity index (χ1) is 7.37. The number of allylic oxidation sites excluding steroid dienone is 2. The molecular weight excluding hydrogens is 194 g/mol. The molecular formula is C15H27N. The number of hydrogen-bond acceptors (Lipinski definition) is 1. The van der Waals surface area contributed by atoms with Crippen molar-refractivity contribution < 1.29 is 0 Å². The first kappa shape index (κ1) is 13.3. The van der Waals surface area contributed by atoms with Crippen molar-refractivity contribution in [1.82, 2.24) is 5.32 Å². The van der Waals surface area contributed by atoms with Crippen LogP contribution in [0.1, 0.15) is 48.0 Å². The van der Waals surface area contributed by atoms with Crippen LogP contribution in [0.2, 0.25) is 0 Å². The van der Waals surface area contributed by atoms with Gasteiger partial charge < -0.3 is 5.32 Å². The van der Waals surface area contributed by atoms with Gasteiger partial charge in [-0.2, -0.15) is 0 Å². The molecule has 0 aromatic heterocycles. The van der Waals surface area contributed by atoms with Gasteiger partial charge in [0.25, 0.3) is 0 Å². The quantitative estimate of drug-likeness (QED) is 0.753. The summed E-state index contributed by atoms with van der Waals surface area (Å²) in [6.07, 6.45) is 8.01. The molecule has 1 nitrogen and oxygen atoms in total. The lowest BCUT2D eigenvalue weighted by atomic mass is 9.76. The molecule has 0 aromatic rings. The molecule has 1 unspecified atom stereocenters. The highest BCUT2D eigenvalue weighted by atomic mass is 15.0. The van der Waals surface area contributed by atoms with E-state index >= 15 is 0 Å². The van der Waals surface area contributed by atoms with Crippen LogP contribution in [0.4, 0.5) is 0 Å². The van der Waals surface area contributed by atoms with Crippen molar-refractivity contribution >= 4 is 0 Å². The molecule has 1 rings (SSSR count). The maximum Gasteiger partial charge on any atom is 0.0581 e. The first-order valence-corrected chi connectivity index (χ1v) is 6.54. The molecule has 0 aliphatic carbocycles. The molecule has 0 saturated heterocycles. The topological polar surface area (TPSA) is 12.0 Å². The maximum atomic E-state index is 3.59. The Morgan fingerprint density at radius 3 is 2.19 bits per heavy atom. The van der Waals surface area contributed by atoms with Crippen LogP contribution < -0.4 is 5.32 Å². The molecule has 0 aromatic carbocycles. The van der Waals surface area contributed by atoms with Gasteiger partial charge >= 0.3 is 0 Å². The average Bonchev–Trinajstić information content (AvgIpc) is 2.16. The Balaban J connectivity index is 2.99. The molecule has 92 valence electrons. The van der Waals surface area contributed by atoms with Crippen molar-refractivity contribution in [1.29, 1.82) is 0 Å². The molecule has 1 atom stereocenters. The summed E-state index contributed by atoms with van der Waals surface area (Å²) >= 11 is 0. The van der Waals surface area contributed by atoms with E-state index in [2.05, 4.69) is 65.2 Å². The predicted molar refractivity (Wildman–Crippen MR) is 72.2 cm³/mol. The van der Waals surface area contributed by atoms with Crippen molar-refractivity contribution in [2.45, 2.75) is 53.5 Å². The molecule has 0 radical (unpaired) electrons. The molecule has 0 amide bonds. The van der Waals surface area contributed by atoms with Crippen LogP contribution >= 0.6 is 0 Å². The zero-order valence-corrected chi connectivity index (χ0v) is 11.7. The summed E-state index contributed by atoms with van der Waals surface area (Å²) in [5.74, 6) is 1.95. The highest BCUT2D eigenvalue weighted by molar-refractivity contribution is 5.31. The fraction of sp³-hybridized carbons (Fsp3) is 0.733. The summed E-state index contributed by atoms with van der Waals surface area (Å²) in [7, 11) is 0. The molecule has 1 aliphatic heterocycles. The van der Waals surface area contributed by atoms with Crippen LogP contribution in [0, 0.1) is 17.8 Å². The van der Waals surface area contributed by atoms with Crippen molar-refractivity contribution in [2.24, 2.45) is 17.8 Å². The fourth-order valence-electron chi connectivity index (χ4n) is 2.40. The van der Waals surface area contributed by atoms with Crippen LogP contribution in [-0.4, -0.2) is 5.54 Å². The van der Waals surface area contributed by atoms with Crippen LogP contribution in [0.25, 0.3) is 0 Å². The van der Waals surface area contributed by atoms with E-state index in [-0.39, 0.29) is 5.54 Å². The minimum Gasteiger partial charge on any atom is -0.382 e. The Morgan fingerprint density at radius 2 is 1.75 bits per heavy atom. The monoisotopic (exact) mass is 221 g/mol. The second-order valence-electron chi connectivity index (χ2n) is 6.07. The Bertz CT molecular complexity index is 284.